The van der Waals surface area contributed by atoms with Crippen molar-refractivity contribution in [3.05, 3.63) is 34.6 Å². The van der Waals surface area contributed by atoms with Gasteiger partial charge in [0.15, 0.2) is 0 Å². The number of hydrogen-bond acceptors (Lipinski definition) is 4. The van der Waals surface area contributed by atoms with Gasteiger partial charge in [-0.1, -0.05) is 24.6 Å². The zero-order valence-electron chi connectivity index (χ0n) is 16.0. The van der Waals surface area contributed by atoms with Crippen LogP contribution in [0.4, 0.5) is 4.39 Å². The van der Waals surface area contributed by atoms with Gasteiger partial charge in [-0.05, 0) is 24.1 Å². The minimum absolute atomic E-state index is 0.0586. The van der Waals surface area contributed by atoms with Crippen molar-refractivity contribution in [2.24, 2.45) is 0 Å². The predicted octanol–water partition coefficient (Wildman–Crippen LogP) is 1.58. The Balaban J connectivity index is 1.73. The summed E-state index contributed by atoms with van der Waals surface area (Å²) in [6, 6.07) is 4.47. The molecule has 1 aliphatic rings. The fourth-order valence-electron chi connectivity index (χ4n) is 2.93. The minimum Gasteiger partial charge on any atom is -0.355 e. The van der Waals surface area contributed by atoms with E-state index >= 15 is 0 Å². The molecule has 1 aliphatic heterocycles. The molecule has 0 atom stereocenters. The van der Waals surface area contributed by atoms with Crippen LogP contribution in [-0.2, 0) is 16.1 Å². The maximum atomic E-state index is 13.1. The second kappa shape index (κ2) is 10.6. The first-order chi connectivity index (χ1) is 12.9. The Labute approximate surface area is 165 Å². The van der Waals surface area contributed by atoms with E-state index in [0.717, 1.165) is 38.2 Å². The Bertz CT molecular complexity index is 651. The van der Waals surface area contributed by atoms with Gasteiger partial charge in [-0.25, -0.2) is 4.39 Å². The molecule has 1 N–H and O–H groups in total. The fourth-order valence-corrected chi connectivity index (χ4v) is 3.16. The van der Waals surface area contributed by atoms with Gasteiger partial charge in [0.2, 0.25) is 11.8 Å². The average molecular weight is 399 g/mol. The van der Waals surface area contributed by atoms with Gasteiger partial charge in [-0.15, -0.1) is 0 Å². The van der Waals surface area contributed by atoms with Crippen molar-refractivity contribution in [3.8, 4) is 0 Å². The molecule has 0 spiro atoms. The first-order valence-corrected chi connectivity index (χ1v) is 9.66. The molecule has 1 saturated heterocycles. The van der Waals surface area contributed by atoms with Gasteiger partial charge in [0.25, 0.3) is 0 Å². The molecule has 0 saturated carbocycles. The molecular formula is C19H28ClFN4O2. The maximum Gasteiger partial charge on any atom is 0.239 e. The van der Waals surface area contributed by atoms with Crippen LogP contribution >= 0.6 is 11.6 Å². The molecule has 27 heavy (non-hydrogen) atoms. The summed E-state index contributed by atoms with van der Waals surface area (Å²) < 4.78 is 13.1. The molecule has 2 amide bonds. The lowest BCUT2D eigenvalue weighted by atomic mass is 10.2. The van der Waals surface area contributed by atoms with E-state index < -0.39 is 0 Å². The molecule has 0 radical (unpaired) electrons. The number of carbonyl (C=O) groups is 2. The standard InChI is InChI=1S/C19H28ClFN4O2/c1-3-6-22-18(26)13-23(2)19(27)14-25-9-7-24(8-10-25)12-15-4-5-16(21)11-17(15)20/h4-5,11H,3,6-10,12-14H2,1-2H3,(H,22,26). The van der Waals surface area contributed by atoms with E-state index in [-0.39, 0.29) is 24.2 Å². The molecule has 0 aliphatic carbocycles. The van der Waals surface area contributed by atoms with Crippen molar-refractivity contribution in [3.63, 3.8) is 0 Å². The van der Waals surface area contributed by atoms with Crippen LogP contribution in [0, 0.1) is 5.82 Å². The van der Waals surface area contributed by atoms with Gasteiger partial charge in [-0.3, -0.25) is 19.4 Å². The number of rotatable bonds is 8. The third-order valence-electron chi connectivity index (χ3n) is 4.61. The normalized spacial score (nSPS) is 15.6. The van der Waals surface area contributed by atoms with Crippen molar-refractivity contribution >= 4 is 23.4 Å². The van der Waals surface area contributed by atoms with Crippen molar-refractivity contribution < 1.29 is 14.0 Å². The van der Waals surface area contributed by atoms with Crippen molar-refractivity contribution in [1.82, 2.24) is 20.0 Å². The summed E-state index contributed by atoms with van der Waals surface area (Å²) in [4.78, 5) is 29.8. The third-order valence-corrected chi connectivity index (χ3v) is 4.96. The van der Waals surface area contributed by atoms with Crippen LogP contribution < -0.4 is 5.32 Å². The number of hydrogen-bond donors (Lipinski definition) is 1. The van der Waals surface area contributed by atoms with Gasteiger partial charge < -0.3 is 10.2 Å². The van der Waals surface area contributed by atoms with E-state index in [1.54, 1.807) is 13.1 Å². The molecule has 1 aromatic rings. The highest BCUT2D eigenvalue weighted by molar-refractivity contribution is 6.31. The van der Waals surface area contributed by atoms with Crippen molar-refractivity contribution in [2.45, 2.75) is 19.9 Å². The maximum absolute atomic E-state index is 13.1. The lowest BCUT2D eigenvalue weighted by Crippen LogP contribution is -2.50. The number of halogens is 2. The molecule has 2 rings (SSSR count). The number of amides is 2. The Morgan fingerprint density at radius 1 is 1.22 bits per heavy atom. The van der Waals surface area contributed by atoms with Crippen LogP contribution in [0.1, 0.15) is 18.9 Å². The van der Waals surface area contributed by atoms with Crippen molar-refractivity contribution in [2.75, 3.05) is 52.9 Å². The summed E-state index contributed by atoms with van der Waals surface area (Å²) >= 11 is 6.09. The van der Waals surface area contributed by atoms with Gasteiger partial charge in [0, 0.05) is 51.3 Å². The van der Waals surface area contributed by atoms with Crippen LogP contribution in [0.2, 0.25) is 5.02 Å². The second-order valence-corrected chi connectivity index (χ2v) is 7.29. The highest BCUT2D eigenvalue weighted by Crippen LogP contribution is 2.19. The Kier molecular flexibility index (Phi) is 8.47. The Morgan fingerprint density at radius 2 is 1.89 bits per heavy atom. The predicted molar refractivity (Wildman–Crippen MR) is 104 cm³/mol. The first-order valence-electron chi connectivity index (χ1n) is 9.28. The monoisotopic (exact) mass is 398 g/mol. The van der Waals surface area contributed by atoms with E-state index in [2.05, 4.69) is 15.1 Å². The number of nitrogens with one attached hydrogen (secondary N) is 1. The summed E-state index contributed by atoms with van der Waals surface area (Å²) in [5, 5.41) is 3.21. The fraction of sp³-hybridized carbons (Fsp3) is 0.579. The molecule has 0 aromatic heterocycles. The smallest absolute Gasteiger partial charge is 0.239 e. The quantitative estimate of drug-likeness (QED) is 0.722. The number of piperazine rings is 1. The zero-order valence-corrected chi connectivity index (χ0v) is 16.8. The number of benzene rings is 1. The van der Waals surface area contributed by atoms with Crippen LogP contribution in [0.15, 0.2) is 18.2 Å². The topological polar surface area (TPSA) is 55.9 Å². The van der Waals surface area contributed by atoms with Gasteiger partial charge in [-0.2, -0.15) is 0 Å². The van der Waals surface area contributed by atoms with Crippen LogP contribution in [-0.4, -0.2) is 79.4 Å². The van der Waals surface area contributed by atoms with E-state index in [1.165, 1.54) is 17.0 Å². The summed E-state index contributed by atoms with van der Waals surface area (Å²) in [5.74, 6) is -0.523. The number of carbonyl (C=O) groups excluding carboxylic acids is 2. The number of likely N-dealkylation sites (N-methyl/N-ethyl adjacent to an activating group) is 1. The molecular weight excluding hydrogens is 371 g/mol. The van der Waals surface area contributed by atoms with E-state index in [4.69, 9.17) is 11.6 Å². The summed E-state index contributed by atoms with van der Waals surface area (Å²) in [6.45, 7) is 6.81. The summed E-state index contributed by atoms with van der Waals surface area (Å²) in [7, 11) is 1.65. The molecule has 1 fully saturated rings. The van der Waals surface area contributed by atoms with E-state index in [0.29, 0.717) is 24.7 Å². The second-order valence-electron chi connectivity index (χ2n) is 6.89. The molecule has 8 heteroatoms. The average Bonchev–Trinajstić information content (AvgIpc) is 2.63. The highest BCUT2D eigenvalue weighted by Gasteiger charge is 2.21. The lowest BCUT2D eigenvalue weighted by molar-refractivity contribution is -0.136. The van der Waals surface area contributed by atoms with Crippen LogP contribution in [0.25, 0.3) is 0 Å². The summed E-state index contributed by atoms with van der Waals surface area (Å²) in [6.07, 6.45) is 0.872. The summed E-state index contributed by atoms with van der Waals surface area (Å²) in [5.41, 5.74) is 0.903. The van der Waals surface area contributed by atoms with Crippen LogP contribution in [0.3, 0.4) is 0 Å². The Hall–Kier alpha value is -1.70. The number of nitrogens with zero attached hydrogens (tertiary/aromatic N) is 3. The van der Waals surface area contributed by atoms with E-state index in [9.17, 15) is 14.0 Å². The molecule has 150 valence electrons. The SMILES string of the molecule is CCCNC(=O)CN(C)C(=O)CN1CCN(Cc2ccc(F)cc2Cl)CC1. The lowest BCUT2D eigenvalue weighted by Gasteiger charge is -2.35. The van der Waals surface area contributed by atoms with Crippen LogP contribution in [0.5, 0.6) is 0 Å². The highest BCUT2D eigenvalue weighted by atomic mass is 35.5. The van der Waals surface area contributed by atoms with Gasteiger partial charge in [0.05, 0.1) is 13.1 Å². The largest absolute Gasteiger partial charge is 0.355 e. The van der Waals surface area contributed by atoms with E-state index in [1.807, 2.05) is 6.92 Å². The van der Waals surface area contributed by atoms with Gasteiger partial charge in [0.1, 0.15) is 5.82 Å². The first kappa shape index (κ1) is 21.6. The molecule has 1 heterocycles. The van der Waals surface area contributed by atoms with Gasteiger partial charge >= 0.3 is 0 Å². The minimum atomic E-state index is -0.334. The molecule has 6 nitrogen and oxygen atoms in total. The molecule has 0 unspecified atom stereocenters. The van der Waals surface area contributed by atoms with Crippen molar-refractivity contribution in [1.29, 1.82) is 0 Å². The molecule has 0 bridgehead atoms. The zero-order chi connectivity index (χ0) is 19.8. The molecule has 1 aromatic carbocycles. The third kappa shape index (κ3) is 7.08. The Morgan fingerprint density at radius 3 is 2.52 bits per heavy atom.